The van der Waals surface area contributed by atoms with E-state index in [9.17, 15) is 0 Å². The fraction of sp³-hybridized carbons (Fsp3) is 0.647. The molecule has 0 spiro atoms. The second kappa shape index (κ2) is 6.38. The van der Waals surface area contributed by atoms with Crippen molar-refractivity contribution < 1.29 is 0 Å². The minimum atomic E-state index is 0.326. The lowest BCUT2D eigenvalue weighted by Gasteiger charge is -2.32. The molecule has 1 aromatic carbocycles. The number of benzene rings is 1. The lowest BCUT2D eigenvalue weighted by Crippen LogP contribution is -2.40. The van der Waals surface area contributed by atoms with E-state index in [1.165, 1.54) is 29.5 Å². The largest absolute Gasteiger partial charge is 0.314 e. The molecular formula is C17H29N. The van der Waals surface area contributed by atoms with Gasteiger partial charge in [-0.2, -0.15) is 0 Å². The van der Waals surface area contributed by atoms with Crippen molar-refractivity contribution in [2.75, 3.05) is 6.54 Å². The van der Waals surface area contributed by atoms with Crippen molar-refractivity contribution in [1.82, 2.24) is 5.32 Å². The van der Waals surface area contributed by atoms with Crippen molar-refractivity contribution in [3.05, 3.63) is 34.9 Å². The molecule has 1 nitrogen and oxygen atoms in total. The first kappa shape index (κ1) is 15.2. The number of nitrogens with one attached hydrogen (secondary N) is 1. The molecule has 0 aromatic heterocycles. The van der Waals surface area contributed by atoms with Gasteiger partial charge in [0.1, 0.15) is 0 Å². The second-order valence-corrected chi connectivity index (χ2v) is 6.39. The van der Waals surface area contributed by atoms with Crippen LogP contribution in [0.5, 0.6) is 0 Å². The van der Waals surface area contributed by atoms with E-state index in [4.69, 9.17) is 0 Å². The molecule has 0 saturated carbocycles. The SMILES string of the molecule is CCNC(CCc1c(C)cccc1C)C(C)(C)C. The van der Waals surface area contributed by atoms with Gasteiger partial charge in [0.05, 0.1) is 0 Å². The molecule has 18 heavy (non-hydrogen) atoms. The first-order valence-electron chi connectivity index (χ1n) is 7.14. The van der Waals surface area contributed by atoms with Crippen molar-refractivity contribution >= 4 is 0 Å². The summed E-state index contributed by atoms with van der Waals surface area (Å²) in [5.41, 5.74) is 4.72. The van der Waals surface area contributed by atoms with Gasteiger partial charge in [0.15, 0.2) is 0 Å². The first-order valence-corrected chi connectivity index (χ1v) is 7.14. The fourth-order valence-corrected chi connectivity index (χ4v) is 2.62. The normalized spacial score (nSPS) is 13.7. The molecule has 0 bridgehead atoms. The molecule has 1 rings (SSSR count). The molecule has 1 aromatic rings. The van der Waals surface area contributed by atoms with Gasteiger partial charge in [-0.3, -0.25) is 0 Å². The maximum Gasteiger partial charge on any atom is 0.0119 e. The maximum atomic E-state index is 3.63. The quantitative estimate of drug-likeness (QED) is 0.819. The minimum Gasteiger partial charge on any atom is -0.314 e. The Balaban J connectivity index is 2.73. The molecule has 0 radical (unpaired) electrons. The average molecular weight is 247 g/mol. The highest BCUT2D eigenvalue weighted by Gasteiger charge is 2.23. The van der Waals surface area contributed by atoms with Gasteiger partial charge < -0.3 is 5.32 Å². The predicted octanol–water partition coefficient (Wildman–Crippen LogP) is 4.26. The van der Waals surface area contributed by atoms with Crippen LogP contribution in [0.4, 0.5) is 0 Å². The molecular weight excluding hydrogens is 218 g/mol. The van der Waals surface area contributed by atoms with Gasteiger partial charge in [0, 0.05) is 6.04 Å². The van der Waals surface area contributed by atoms with Crippen LogP contribution in [0.1, 0.15) is 50.8 Å². The van der Waals surface area contributed by atoms with Crippen LogP contribution in [0.2, 0.25) is 0 Å². The van der Waals surface area contributed by atoms with Gasteiger partial charge in [0.25, 0.3) is 0 Å². The van der Waals surface area contributed by atoms with Crippen LogP contribution in [-0.4, -0.2) is 12.6 Å². The van der Waals surface area contributed by atoms with Gasteiger partial charge in [0.2, 0.25) is 0 Å². The third-order valence-corrected chi connectivity index (χ3v) is 3.82. The summed E-state index contributed by atoms with van der Waals surface area (Å²) in [4.78, 5) is 0. The van der Waals surface area contributed by atoms with E-state index in [1.54, 1.807) is 0 Å². The summed E-state index contributed by atoms with van der Waals surface area (Å²) in [5, 5.41) is 3.63. The molecule has 102 valence electrons. The Morgan fingerprint density at radius 3 is 2.11 bits per heavy atom. The highest BCUT2D eigenvalue weighted by atomic mass is 14.9. The van der Waals surface area contributed by atoms with Gasteiger partial charge >= 0.3 is 0 Å². The van der Waals surface area contributed by atoms with E-state index in [0.717, 1.165) is 6.54 Å². The van der Waals surface area contributed by atoms with E-state index >= 15 is 0 Å². The topological polar surface area (TPSA) is 12.0 Å². The summed E-state index contributed by atoms with van der Waals surface area (Å²) < 4.78 is 0. The van der Waals surface area contributed by atoms with Crippen molar-refractivity contribution in [1.29, 1.82) is 0 Å². The fourth-order valence-electron chi connectivity index (χ4n) is 2.62. The summed E-state index contributed by atoms with van der Waals surface area (Å²) in [7, 11) is 0. The van der Waals surface area contributed by atoms with Crippen molar-refractivity contribution in [2.24, 2.45) is 5.41 Å². The highest BCUT2D eigenvalue weighted by Crippen LogP contribution is 2.24. The molecule has 1 atom stereocenters. The first-order chi connectivity index (χ1) is 8.36. The van der Waals surface area contributed by atoms with Crippen LogP contribution in [0.3, 0.4) is 0 Å². The van der Waals surface area contributed by atoms with Crippen LogP contribution in [0.15, 0.2) is 18.2 Å². The molecule has 0 heterocycles. The van der Waals surface area contributed by atoms with Crippen molar-refractivity contribution in [3.63, 3.8) is 0 Å². The molecule has 0 aliphatic carbocycles. The minimum absolute atomic E-state index is 0.326. The average Bonchev–Trinajstić information content (AvgIpc) is 2.25. The Bertz CT molecular complexity index is 353. The summed E-state index contributed by atoms with van der Waals surface area (Å²) in [6.07, 6.45) is 2.39. The van der Waals surface area contributed by atoms with Crippen LogP contribution in [0.25, 0.3) is 0 Å². The molecule has 0 aliphatic heterocycles. The number of aryl methyl sites for hydroxylation is 2. The van der Waals surface area contributed by atoms with Crippen LogP contribution >= 0.6 is 0 Å². The third kappa shape index (κ3) is 4.13. The molecule has 1 unspecified atom stereocenters. The zero-order valence-electron chi connectivity index (χ0n) is 12.9. The van der Waals surface area contributed by atoms with Gasteiger partial charge in [-0.15, -0.1) is 0 Å². The zero-order valence-corrected chi connectivity index (χ0v) is 12.9. The Hall–Kier alpha value is -0.820. The van der Waals surface area contributed by atoms with Gasteiger partial charge in [-0.05, 0) is 55.3 Å². The Morgan fingerprint density at radius 1 is 1.11 bits per heavy atom. The van der Waals surface area contributed by atoms with E-state index < -0.39 is 0 Å². The summed E-state index contributed by atoms with van der Waals surface area (Å²) in [6, 6.07) is 7.18. The van der Waals surface area contributed by atoms with E-state index in [2.05, 4.69) is 65.1 Å². The zero-order chi connectivity index (χ0) is 13.8. The lowest BCUT2D eigenvalue weighted by molar-refractivity contribution is 0.258. The Labute approximate surface area is 113 Å². The molecule has 1 heteroatoms. The molecule has 0 amide bonds. The molecule has 0 saturated heterocycles. The van der Waals surface area contributed by atoms with Crippen molar-refractivity contribution in [3.8, 4) is 0 Å². The number of hydrogen-bond acceptors (Lipinski definition) is 1. The molecule has 0 fully saturated rings. The summed E-state index contributed by atoms with van der Waals surface area (Å²) in [6.45, 7) is 14.7. The van der Waals surface area contributed by atoms with Crippen LogP contribution in [-0.2, 0) is 6.42 Å². The maximum absolute atomic E-state index is 3.63. The second-order valence-electron chi connectivity index (χ2n) is 6.39. The monoisotopic (exact) mass is 247 g/mol. The smallest absolute Gasteiger partial charge is 0.0119 e. The Morgan fingerprint density at radius 2 is 1.67 bits per heavy atom. The van der Waals surface area contributed by atoms with E-state index in [1.807, 2.05) is 0 Å². The highest BCUT2D eigenvalue weighted by molar-refractivity contribution is 5.33. The third-order valence-electron chi connectivity index (χ3n) is 3.82. The van der Waals surface area contributed by atoms with Gasteiger partial charge in [-0.1, -0.05) is 45.9 Å². The van der Waals surface area contributed by atoms with Crippen LogP contribution < -0.4 is 5.32 Å². The summed E-state index contributed by atoms with van der Waals surface area (Å²) in [5.74, 6) is 0. The number of rotatable bonds is 5. The number of hydrogen-bond donors (Lipinski definition) is 1. The van der Waals surface area contributed by atoms with Crippen molar-refractivity contribution in [2.45, 2.75) is 60.4 Å². The van der Waals surface area contributed by atoms with Gasteiger partial charge in [-0.25, -0.2) is 0 Å². The van der Waals surface area contributed by atoms with E-state index in [0.29, 0.717) is 11.5 Å². The van der Waals surface area contributed by atoms with E-state index in [-0.39, 0.29) is 0 Å². The summed E-state index contributed by atoms with van der Waals surface area (Å²) >= 11 is 0. The Kier molecular flexibility index (Phi) is 5.40. The van der Waals surface area contributed by atoms with Crippen LogP contribution in [0, 0.1) is 19.3 Å². The predicted molar refractivity (Wildman–Crippen MR) is 81.2 cm³/mol. The lowest BCUT2D eigenvalue weighted by atomic mass is 9.82. The standard InChI is InChI=1S/C17H29N/c1-7-18-16(17(4,5)6)12-11-15-13(2)9-8-10-14(15)3/h8-10,16,18H,7,11-12H2,1-6H3. The molecule has 1 N–H and O–H groups in total. The molecule has 0 aliphatic rings.